The largest absolute Gasteiger partial charge is 0.508 e. The van der Waals surface area contributed by atoms with Crippen molar-refractivity contribution in [3.05, 3.63) is 36.5 Å². The van der Waals surface area contributed by atoms with Crippen LogP contribution >= 0.6 is 0 Å². The van der Waals surface area contributed by atoms with Gasteiger partial charge in [-0.3, -0.25) is 0 Å². The van der Waals surface area contributed by atoms with E-state index in [0.29, 0.717) is 0 Å². The Kier molecular flexibility index (Phi) is 2.81. The van der Waals surface area contributed by atoms with Gasteiger partial charge in [-0.05, 0) is 24.3 Å². The van der Waals surface area contributed by atoms with Gasteiger partial charge in [-0.1, -0.05) is 6.58 Å². The van der Waals surface area contributed by atoms with Gasteiger partial charge in [0.2, 0.25) is 0 Å². The van der Waals surface area contributed by atoms with Crippen molar-refractivity contribution in [1.82, 2.24) is 0 Å². The average Bonchev–Trinajstić information content (AvgIpc) is 2.02. The van der Waals surface area contributed by atoms with E-state index in [9.17, 15) is 8.42 Å². The minimum Gasteiger partial charge on any atom is -0.508 e. The van der Waals surface area contributed by atoms with Gasteiger partial charge in [-0.15, -0.1) is 0 Å². The molecule has 0 heterocycles. The molecule has 0 aliphatic carbocycles. The Morgan fingerprint density at radius 1 is 1.36 bits per heavy atom. The van der Waals surface area contributed by atoms with E-state index in [4.69, 9.17) is 10.8 Å². The molecular weight excluding hydrogens is 202 g/mol. The Hall–Kier alpha value is -1.49. The van der Waals surface area contributed by atoms with Crippen LogP contribution in [0.2, 0.25) is 0 Å². The topological polar surface area (TPSA) is 80.4 Å². The van der Waals surface area contributed by atoms with E-state index >= 15 is 0 Å². The smallest absolute Gasteiger partial charge is 0.183 e. The fourth-order valence-corrected chi connectivity index (χ4v) is 2.19. The summed E-state index contributed by atoms with van der Waals surface area (Å²) in [5.41, 5.74) is 5.32. The van der Waals surface area contributed by atoms with E-state index in [-0.39, 0.29) is 22.1 Å². The Morgan fingerprint density at radius 3 is 2.29 bits per heavy atom. The van der Waals surface area contributed by atoms with Crippen molar-refractivity contribution in [2.75, 3.05) is 5.75 Å². The molecule has 0 radical (unpaired) electrons. The van der Waals surface area contributed by atoms with Crippen LogP contribution in [-0.2, 0) is 9.84 Å². The maximum atomic E-state index is 11.5. The highest BCUT2D eigenvalue weighted by molar-refractivity contribution is 7.91. The van der Waals surface area contributed by atoms with Crippen LogP contribution in [0.5, 0.6) is 5.75 Å². The first-order valence-electron chi connectivity index (χ1n) is 3.87. The van der Waals surface area contributed by atoms with Crippen molar-refractivity contribution in [3.63, 3.8) is 0 Å². The number of hydrogen-bond acceptors (Lipinski definition) is 4. The van der Waals surface area contributed by atoms with Gasteiger partial charge in [0.1, 0.15) is 5.75 Å². The SMILES string of the molecule is C=C(N)CS(=O)(=O)c1ccc(O)cc1. The number of rotatable bonds is 3. The second-order valence-corrected chi connectivity index (χ2v) is 4.90. The molecule has 0 bridgehead atoms. The summed E-state index contributed by atoms with van der Waals surface area (Å²) in [5, 5.41) is 8.97. The fourth-order valence-electron chi connectivity index (χ4n) is 0.981. The quantitative estimate of drug-likeness (QED) is 0.772. The number of phenols is 1. The van der Waals surface area contributed by atoms with Crippen LogP contribution in [0.1, 0.15) is 0 Å². The van der Waals surface area contributed by atoms with Gasteiger partial charge >= 0.3 is 0 Å². The molecule has 0 atom stereocenters. The van der Waals surface area contributed by atoms with Gasteiger partial charge in [0.05, 0.1) is 10.6 Å². The van der Waals surface area contributed by atoms with Crippen molar-refractivity contribution >= 4 is 9.84 Å². The molecule has 76 valence electrons. The van der Waals surface area contributed by atoms with Gasteiger partial charge in [0.25, 0.3) is 0 Å². The molecule has 5 heteroatoms. The van der Waals surface area contributed by atoms with Crippen LogP contribution in [0.4, 0.5) is 0 Å². The van der Waals surface area contributed by atoms with Gasteiger partial charge in [0.15, 0.2) is 9.84 Å². The Labute approximate surface area is 82.6 Å². The predicted molar refractivity (Wildman–Crippen MR) is 53.5 cm³/mol. The third kappa shape index (κ3) is 2.50. The molecule has 0 spiro atoms. The molecule has 0 saturated carbocycles. The normalized spacial score (nSPS) is 11.1. The zero-order valence-electron chi connectivity index (χ0n) is 7.47. The monoisotopic (exact) mass is 213 g/mol. The lowest BCUT2D eigenvalue weighted by molar-refractivity contribution is 0.475. The maximum absolute atomic E-state index is 11.5. The molecule has 0 aliphatic heterocycles. The van der Waals surface area contributed by atoms with Crippen molar-refractivity contribution < 1.29 is 13.5 Å². The van der Waals surface area contributed by atoms with E-state index in [1.807, 2.05) is 0 Å². The highest BCUT2D eigenvalue weighted by atomic mass is 32.2. The lowest BCUT2D eigenvalue weighted by Gasteiger charge is -2.03. The molecule has 0 amide bonds. The van der Waals surface area contributed by atoms with E-state index < -0.39 is 9.84 Å². The van der Waals surface area contributed by atoms with Gasteiger partial charge in [-0.25, -0.2) is 8.42 Å². The molecule has 1 rings (SSSR count). The highest BCUT2D eigenvalue weighted by Gasteiger charge is 2.14. The van der Waals surface area contributed by atoms with Crippen LogP contribution in [0, 0.1) is 0 Å². The van der Waals surface area contributed by atoms with Crippen molar-refractivity contribution in [3.8, 4) is 5.75 Å². The van der Waals surface area contributed by atoms with Crippen LogP contribution in [-0.4, -0.2) is 19.3 Å². The molecule has 0 unspecified atom stereocenters. The van der Waals surface area contributed by atoms with Gasteiger partial charge in [-0.2, -0.15) is 0 Å². The number of benzene rings is 1. The zero-order chi connectivity index (χ0) is 10.8. The first-order valence-corrected chi connectivity index (χ1v) is 5.52. The molecule has 14 heavy (non-hydrogen) atoms. The van der Waals surface area contributed by atoms with Gasteiger partial charge in [0, 0.05) is 5.70 Å². The highest BCUT2D eigenvalue weighted by Crippen LogP contribution is 2.16. The van der Waals surface area contributed by atoms with E-state index in [1.54, 1.807) is 0 Å². The standard InChI is InChI=1S/C9H11NO3S/c1-7(10)6-14(12,13)9-4-2-8(11)3-5-9/h2-5,11H,1,6,10H2. The Balaban J connectivity index is 3.05. The van der Waals surface area contributed by atoms with E-state index in [2.05, 4.69) is 6.58 Å². The zero-order valence-corrected chi connectivity index (χ0v) is 8.29. The molecule has 4 nitrogen and oxygen atoms in total. The van der Waals surface area contributed by atoms with Crippen LogP contribution in [0.3, 0.4) is 0 Å². The maximum Gasteiger partial charge on any atom is 0.183 e. The second kappa shape index (κ2) is 3.71. The lowest BCUT2D eigenvalue weighted by Crippen LogP contribution is -2.12. The number of nitrogens with two attached hydrogens (primary N) is 1. The number of aromatic hydroxyl groups is 1. The summed E-state index contributed by atoms with van der Waals surface area (Å²) in [4.78, 5) is 0.127. The number of hydrogen-bond donors (Lipinski definition) is 2. The summed E-state index contributed by atoms with van der Waals surface area (Å²) < 4.78 is 23.1. The first-order chi connectivity index (χ1) is 6.42. The Bertz CT molecular complexity index is 434. The van der Waals surface area contributed by atoms with E-state index in [1.165, 1.54) is 24.3 Å². The molecule has 3 N–H and O–H groups in total. The molecule has 0 fully saturated rings. The molecular formula is C9H11NO3S. The number of sulfone groups is 1. The molecule has 0 saturated heterocycles. The van der Waals surface area contributed by atoms with Gasteiger partial charge < -0.3 is 10.8 Å². The first kappa shape index (κ1) is 10.6. The number of phenolic OH excluding ortho intramolecular Hbond substituents is 1. The molecule has 0 aliphatic rings. The minimum absolute atomic E-state index is 0.0236. The van der Waals surface area contributed by atoms with E-state index in [0.717, 1.165) is 0 Å². The molecule has 1 aromatic carbocycles. The minimum atomic E-state index is -3.41. The van der Waals surface area contributed by atoms with Crippen LogP contribution in [0.25, 0.3) is 0 Å². The van der Waals surface area contributed by atoms with Crippen molar-refractivity contribution in [1.29, 1.82) is 0 Å². The van der Waals surface area contributed by atoms with Crippen LogP contribution < -0.4 is 5.73 Å². The molecule has 1 aromatic rings. The summed E-state index contributed by atoms with van der Waals surface area (Å²) in [6.07, 6.45) is 0. The predicted octanol–water partition coefficient (Wildman–Crippen LogP) is 0.638. The Morgan fingerprint density at radius 2 is 1.86 bits per heavy atom. The third-order valence-corrected chi connectivity index (χ3v) is 3.31. The summed E-state index contributed by atoms with van der Waals surface area (Å²) in [6.45, 7) is 3.33. The summed E-state index contributed by atoms with van der Waals surface area (Å²) >= 11 is 0. The van der Waals surface area contributed by atoms with Crippen molar-refractivity contribution in [2.24, 2.45) is 5.73 Å². The second-order valence-electron chi connectivity index (χ2n) is 2.91. The summed E-state index contributed by atoms with van der Waals surface area (Å²) in [7, 11) is -3.41. The van der Waals surface area contributed by atoms with Crippen molar-refractivity contribution in [2.45, 2.75) is 4.90 Å². The average molecular weight is 213 g/mol. The summed E-state index contributed by atoms with van der Waals surface area (Å²) in [5.74, 6) is -0.256. The molecule has 0 aromatic heterocycles. The summed E-state index contributed by atoms with van der Waals surface area (Å²) in [6, 6.07) is 5.28. The third-order valence-electron chi connectivity index (χ3n) is 1.57. The van der Waals surface area contributed by atoms with Crippen LogP contribution in [0.15, 0.2) is 41.4 Å². The lowest BCUT2D eigenvalue weighted by atomic mass is 10.3. The fraction of sp³-hybridized carbons (Fsp3) is 0.111.